The molecule has 1 aliphatic carbocycles. The first-order chi connectivity index (χ1) is 8.08. The van der Waals surface area contributed by atoms with Crippen molar-refractivity contribution in [2.45, 2.75) is 39.0 Å². The second-order valence-corrected chi connectivity index (χ2v) is 5.49. The van der Waals surface area contributed by atoms with E-state index in [-0.39, 0.29) is 11.2 Å². The maximum atomic E-state index is 13.6. The van der Waals surface area contributed by atoms with E-state index in [1.54, 1.807) is 6.07 Å². The molecular formula is C15H22FN. The zero-order valence-electron chi connectivity index (χ0n) is 11.0. The highest BCUT2D eigenvalue weighted by atomic mass is 19.1. The van der Waals surface area contributed by atoms with Crippen molar-refractivity contribution in [2.24, 2.45) is 5.92 Å². The minimum Gasteiger partial charge on any atom is -0.316 e. The van der Waals surface area contributed by atoms with Crippen molar-refractivity contribution in [1.29, 1.82) is 0 Å². The highest BCUT2D eigenvalue weighted by Crippen LogP contribution is 2.53. The van der Waals surface area contributed by atoms with E-state index in [9.17, 15) is 4.39 Å². The molecule has 2 rings (SSSR count). The van der Waals surface area contributed by atoms with Crippen molar-refractivity contribution in [2.75, 3.05) is 13.1 Å². The van der Waals surface area contributed by atoms with Gasteiger partial charge < -0.3 is 5.32 Å². The molecule has 1 fully saturated rings. The number of hydrogen-bond donors (Lipinski definition) is 1. The molecule has 1 N–H and O–H groups in total. The van der Waals surface area contributed by atoms with E-state index >= 15 is 0 Å². The fourth-order valence-corrected chi connectivity index (χ4v) is 2.51. The molecule has 1 aromatic rings. The lowest BCUT2D eigenvalue weighted by Crippen LogP contribution is -2.21. The molecule has 0 radical (unpaired) electrons. The molecule has 17 heavy (non-hydrogen) atoms. The van der Waals surface area contributed by atoms with Gasteiger partial charge in [0, 0.05) is 0 Å². The summed E-state index contributed by atoms with van der Waals surface area (Å²) in [7, 11) is 0. The van der Waals surface area contributed by atoms with Gasteiger partial charge in [-0.25, -0.2) is 4.39 Å². The van der Waals surface area contributed by atoms with E-state index in [0.29, 0.717) is 5.92 Å². The topological polar surface area (TPSA) is 12.0 Å². The Morgan fingerprint density at radius 1 is 1.47 bits per heavy atom. The molecule has 0 saturated heterocycles. The van der Waals surface area contributed by atoms with Crippen LogP contribution in [-0.4, -0.2) is 13.1 Å². The predicted molar refractivity (Wildman–Crippen MR) is 69.8 cm³/mol. The maximum absolute atomic E-state index is 13.6. The summed E-state index contributed by atoms with van der Waals surface area (Å²) in [5.74, 6) is 0.590. The molecule has 2 unspecified atom stereocenters. The lowest BCUT2D eigenvalue weighted by atomic mass is 9.94. The van der Waals surface area contributed by atoms with E-state index in [4.69, 9.17) is 0 Å². The Kier molecular flexibility index (Phi) is 3.53. The van der Waals surface area contributed by atoms with E-state index < -0.39 is 0 Å². The van der Waals surface area contributed by atoms with Gasteiger partial charge in [0.1, 0.15) is 5.82 Å². The van der Waals surface area contributed by atoms with E-state index in [1.807, 2.05) is 13.0 Å². The minimum atomic E-state index is -0.0732. The van der Waals surface area contributed by atoms with Crippen LogP contribution in [0, 0.1) is 18.7 Å². The van der Waals surface area contributed by atoms with Crippen LogP contribution in [0.15, 0.2) is 18.2 Å². The van der Waals surface area contributed by atoms with Gasteiger partial charge in [0.15, 0.2) is 0 Å². The third-order valence-electron chi connectivity index (χ3n) is 4.06. The van der Waals surface area contributed by atoms with Gasteiger partial charge in [-0.3, -0.25) is 0 Å². The van der Waals surface area contributed by atoms with Crippen LogP contribution in [0.3, 0.4) is 0 Å². The Bertz CT molecular complexity index is 402. The Morgan fingerprint density at radius 2 is 2.24 bits per heavy atom. The zero-order chi connectivity index (χ0) is 12.5. The number of nitrogens with one attached hydrogen (secondary N) is 1. The minimum absolute atomic E-state index is 0.0732. The molecule has 1 aromatic carbocycles. The molecule has 0 spiro atoms. The highest BCUT2D eigenvalue weighted by molar-refractivity contribution is 5.35. The summed E-state index contributed by atoms with van der Waals surface area (Å²) in [6.45, 7) is 8.37. The summed E-state index contributed by atoms with van der Waals surface area (Å²) in [5.41, 5.74) is 2.08. The number of hydrogen-bond acceptors (Lipinski definition) is 1. The smallest absolute Gasteiger partial charge is 0.126 e. The van der Waals surface area contributed by atoms with Gasteiger partial charge in [-0.05, 0) is 61.4 Å². The average Bonchev–Trinajstić information content (AvgIpc) is 2.95. The normalized spacial score (nSPS) is 27.2. The molecule has 0 aliphatic heterocycles. The van der Waals surface area contributed by atoms with Gasteiger partial charge in [-0.2, -0.15) is 0 Å². The zero-order valence-corrected chi connectivity index (χ0v) is 11.0. The molecule has 2 heteroatoms. The SMILES string of the molecule is CCCNCC1CC1(C)c1ccc(C)c(F)c1. The largest absolute Gasteiger partial charge is 0.316 e. The molecule has 0 aromatic heterocycles. The molecule has 1 aliphatic rings. The summed E-state index contributed by atoms with van der Waals surface area (Å²) in [6, 6.07) is 5.69. The Morgan fingerprint density at radius 3 is 2.88 bits per heavy atom. The fourth-order valence-electron chi connectivity index (χ4n) is 2.51. The van der Waals surface area contributed by atoms with Crippen LogP contribution in [0.2, 0.25) is 0 Å². The first-order valence-corrected chi connectivity index (χ1v) is 6.55. The van der Waals surface area contributed by atoms with E-state index in [0.717, 1.165) is 24.2 Å². The third kappa shape index (κ3) is 2.52. The van der Waals surface area contributed by atoms with E-state index in [2.05, 4.69) is 25.2 Å². The molecule has 0 heterocycles. The monoisotopic (exact) mass is 235 g/mol. The number of aryl methyl sites for hydroxylation is 1. The first kappa shape index (κ1) is 12.6. The van der Waals surface area contributed by atoms with Crippen LogP contribution in [0.5, 0.6) is 0 Å². The predicted octanol–water partition coefficient (Wildman–Crippen LogP) is 3.41. The summed E-state index contributed by atoms with van der Waals surface area (Å²) < 4.78 is 13.6. The number of benzene rings is 1. The van der Waals surface area contributed by atoms with Crippen LogP contribution in [0.1, 0.15) is 37.8 Å². The van der Waals surface area contributed by atoms with Crippen LogP contribution >= 0.6 is 0 Å². The Balaban J connectivity index is 2.01. The second kappa shape index (κ2) is 4.77. The highest BCUT2D eigenvalue weighted by Gasteiger charge is 2.50. The number of halogens is 1. The van der Waals surface area contributed by atoms with Crippen molar-refractivity contribution in [1.82, 2.24) is 5.32 Å². The molecule has 0 amide bonds. The molecule has 1 saturated carbocycles. The summed E-state index contributed by atoms with van der Waals surface area (Å²) in [5, 5.41) is 3.45. The summed E-state index contributed by atoms with van der Waals surface area (Å²) >= 11 is 0. The van der Waals surface area contributed by atoms with Crippen molar-refractivity contribution < 1.29 is 4.39 Å². The van der Waals surface area contributed by atoms with Gasteiger partial charge in [-0.15, -0.1) is 0 Å². The van der Waals surface area contributed by atoms with Gasteiger partial charge in [0.05, 0.1) is 0 Å². The Labute approximate surface area is 103 Å². The van der Waals surface area contributed by atoms with Gasteiger partial charge in [0.25, 0.3) is 0 Å². The molecule has 0 bridgehead atoms. The fraction of sp³-hybridized carbons (Fsp3) is 0.600. The quantitative estimate of drug-likeness (QED) is 0.771. The van der Waals surface area contributed by atoms with Crippen molar-refractivity contribution in [3.63, 3.8) is 0 Å². The summed E-state index contributed by atoms with van der Waals surface area (Å²) in [4.78, 5) is 0. The van der Waals surface area contributed by atoms with E-state index in [1.165, 1.54) is 12.8 Å². The van der Waals surface area contributed by atoms with Gasteiger partial charge in [0.2, 0.25) is 0 Å². The van der Waals surface area contributed by atoms with Gasteiger partial charge in [-0.1, -0.05) is 26.0 Å². The van der Waals surface area contributed by atoms with Crippen molar-refractivity contribution in [3.05, 3.63) is 35.1 Å². The maximum Gasteiger partial charge on any atom is 0.126 e. The second-order valence-electron chi connectivity index (χ2n) is 5.49. The van der Waals surface area contributed by atoms with Crippen molar-refractivity contribution in [3.8, 4) is 0 Å². The van der Waals surface area contributed by atoms with Crippen LogP contribution in [-0.2, 0) is 5.41 Å². The lowest BCUT2D eigenvalue weighted by Gasteiger charge is -2.13. The molecule has 94 valence electrons. The summed E-state index contributed by atoms with van der Waals surface area (Å²) in [6.07, 6.45) is 2.34. The third-order valence-corrected chi connectivity index (χ3v) is 4.06. The first-order valence-electron chi connectivity index (χ1n) is 6.55. The van der Waals surface area contributed by atoms with Crippen LogP contribution in [0.25, 0.3) is 0 Å². The molecule has 1 nitrogen and oxygen atoms in total. The Hall–Kier alpha value is -0.890. The number of rotatable bonds is 5. The van der Waals surface area contributed by atoms with Crippen LogP contribution < -0.4 is 5.32 Å². The van der Waals surface area contributed by atoms with Gasteiger partial charge >= 0.3 is 0 Å². The lowest BCUT2D eigenvalue weighted by molar-refractivity contribution is 0.568. The average molecular weight is 235 g/mol. The van der Waals surface area contributed by atoms with Crippen molar-refractivity contribution >= 4 is 0 Å². The molecule has 2 atom stereocenters. The molecular weight excluding hydrogens is 213 g/mol. The van der Waals surface area contributed by atoms with Crippen LogP contribution in [0.4, 0.5) is 4.39 Å². The standard InChI is InChI=1S/C15H22FN/c1-4-7-17-10-13-9-15(13,3)12-6-5-11(2)14(16)8-12/h5-6,8,13,17H,4,7,9-10H2,1-3H3.